The van der Waals surface area contributed by atoms with Crippen LogP contribution >= 0.6 is 12.4 Å². The molecule has 2 aliphatic heterocycles. The first-order valence-corrected chi connectivity index (χ1v) is 9.18. The molecule has 0 spiro atoms. The third-order valence-electron chi connectivity index (χ3n) is 5.64. The van der Waals surface area contributed by atoms with Crippen molar-refractivity contribution in [3.63, 3.8) is 0 Å². The van der Waals surface area contributed by atoms with E-state index in [9.17, 15) is 4.79 Å². The minimum absolute atomic E-state index is 0. The number of carbonyl (C=O) groups excluding carboxylic acids is 1. The molecule has 0 saturated carbocycles. The van der Waals surface area contributed by atoms with Crippen molar-refractivity contribution in [1.29, 1.82) is 0 Å². The van der Waals surface area contributed by atoms with Crippen LogP contribution in [0.2, 0.25) is 0 Å². The molecule has 0 aromatic heterocycles. The second-order valence-corrected chi connectivity index (χ2v) is 7.97. The standard InChI is InChI=1S/C18H35N3O.ClH/c1-5-15-7-6-10-21(12-15)18(3,4)13-20-17(22)16-8-9-19-14(2)11-16;/h14-16,19H,5-13H2,1-4H3,(H,20,22);1H/t14-,15?,16-;/m0./s1. The van der Waals surface area contributed by atoms with Crippen LogP contribution in [0.3, 0.4) is 0 Å². The van der Waals surface area contributed by atoms with Gasteiger partial charge in [-0.2, -0.15) is 0 Å². The maximum absolute atomic E-state index is 12.4. The lowest BCUT2D eigenvalue weighted by Crippen LogP contribution is -2.55. The largest absolute Gasteiger partial charge is 0.354 e. The van der Waals surface area contributed by atoms with Crippen molar-refractivity contribution in [2.75, 3.05) is 26.2 Å². The Balaban J connectivity index is 0.00000264. The minimum atomic E-state index is 0. The highest BCUT2D eigenvalue weighted by Crippen LogP contribution is 2.25. The molecule has 1 unspecified atom stereocenters. The average molecular weight is 346 g/mol. The van der Waals surface area contributed by atoms with Gasteiger partial charge in [-0.05, 0) is 65.5 Å². The maximum atomic E-state index is 12.4. The number of hydrogen-bond acceptors (Lipinski definition) is 3. The number of likely N-dealkylation sites (tertiary alicyclic amines) is 1. The van der Waals surface area contributed by atoms with Crippen LogP contribution in [0.1, 0.15) is 59.8 Å². The lowest BCUT2D eigenvalue weighted by atomic mass is 9.90. The summed E-state index contributed by atoms with van der Waals surface area (Å²) < 4.78 is 0. The highest BCUT2D eigenvalue weighted by Gasteiger charge is 2.32. The second-order valence-electron chi connectivity index (χ2n) is 7.97. The van der Waals surface area contributed by atoms with Gasteiger partial charge in [0.2, 0.25) is 5.91 Å². The van der Waals surface area contributed by atoms with Crippen LogP contribution in [0.5, 0.6) is 0 Å². The fourth-order valence-electron chi connectivity index (χ4n) is 3.88. The van der Waals surface area contributed by atoms with E-state index in [0.29, 0.717) is 6.04 Å². The molecular formula is C18H36ClN3O. The molecule has 5 heteroatoms. The average Bonchev–Trinajstić information content (AvgIpc) is 2.52. The molecule has 2 rings (SSSR count). The summed E-state index contributed by atoms with van der Waals surface area (Å²) in [6.07, 6.45) is 5.86. The van der Waals surface area contributed by atoms with E-state index >= 15 is 0 Å². The lowest BCUT2D eigenvalue weighted by Gasteiger charge is -2.44. The zero-order valence-electron chi connectivity index (χ0n) is 15.4. The molecule has 2 N–H and O–H groups in total. The number of amides is 1. The van der Waals surface area contributed by atoms with Gasteiger partial charge >= 0.3 is 0 Å². The Hall–Kier alpha value is -0.320. The number of hydrogen-bond donors (Lipinski definition) is 2. The molecule has 0 radical (unpaired) electrons. The van der Waals surface area contributed by atoms with Crippen LogP contribution in [-0.4, -0.2) is 48.6 Å². The van der Waals surface area contributed by atoms with E-state index in [1.807, 2.05) is 0 Å². The third-order valence-corrected chi connectivity index (χ3v) is 5.64. The molecule has 23 heavy (non-hydrogen) atoms. The molecule has 2 fully saturated rings. The Labute approximate surface area is 148 Å². The van der Waals surface area contributed by atoms with Gasteiger partial charge in [-0.1, -0.05) is 13.3 Å². The molecule has 0 aliphatic carbocycles. The predicted molar refractivity (Wildman–Crippen MR) is 99.1 cm³/mol. The van der Waals surface area contributed by atoms with E-state index in [2.05, 4.69) is 43.2 Å². The highest BCUT2D eigenvalue weighted by molar-refractivity contribution is 5.85. The van der Waals surface area contributed by atoms with Crippen molar-refractivity contribution in [1.82, 2.24) is 15.5 Å². The summed E-state index contributed by atoms with van der Waals surface area (Å²) in [7, 11) is 0. The molecule has 4 nitrogen and oxygen atoms in total. The fourth-order valence-corrected chi connectivity index (χ4v) is 3.88. The smallest absolute Gasteiger partial charge is 0.223 e. The molecule has 136 valence electrons. The number of piperidine rings is 2. The SMILES string of the molecule is CCC1CCCN(C(C)(C)CNC(=O)[C@H]2CCN[C@@H](C)C2)C1.Cl. The van der Waals surface area contributed by atoms with E-state index in [1.54, 1.807) is 0 Å². The Morgan fingerprint density at radius 3 is 2.74 bits per heavy atom. The molecule has 0 bridgehead atoms. The molecule has 1 amide bonds. The number of nitrogens with one attached hydrogen (secondary N) is 2. The zero-order chi connectivity index (χ0) is 16.2. The van der Waals surface area contributed by atoms with Crippen molar-refractivity contribution in [3.05, 3.63) is 0 Å². The topological polar surface area (TPSA) is 44.4 Å². The van der Waals surface area contributed by atoms with Gasteiger partial charge in [-0.15, -0.1) is 12.4 Å². The van der Waals surface area contributed by atoms with Crippen LogP contribution in [0, 0.1) is 11.8 Å². The van der Waals surface area contributed by atoms with Gasteiger partial charge in [-0.3, -0.25) is 9.69 Å². The van der Waals surface area contributed by atoms with Crippen molar-refractivity contribution in [2.45, 2.75) is 71.4 Å². The summed E-state index contributed by atoms with van der Waals surface area (Å²) in [5, 5.41) is 6.65. The van der Waals surface area contributed by atoms with Crippen molar-refractivity contribution >= 4 is 18.3 Å². The van der Waals surface area contributed by atoms with Crippen LogP contribution in [0.25, 0.3) is 0 Å². The number of carbonyl (C=O) groups is 1. The quantitative estimate of drug-likeness (QED) is 0.805. The fraction of sp³-hybridized carbons (Fsp3) is 0.944. The van der Waals surface area contributed by atoms with E-state index in [4.69, 9.17) is 0 Å². The molecule has 3 atom stereocenters. The second kappa shape index (κ2) is 9.24. The van der Waals surface area contributed by atoms with Gasteiger partial charge < -0.3 is 10.6 Å². The van der Waals surface area contributed by atoms with Crippen molar-refractivity contribution in [2.24, 2.45) is 11.8 Å². The zero-order valence-corrected chi connectivity index (χ0v) is 16.2. The Morgan fingerprint density at radius 2 is 2.09 bits per heavy atom. The summed E-state index contributed by atoms with van der Waals surface area (Å²) in [5.41, 5.74) is 0.0576. The first-order chi connectivity index (χ1) is 10.4. The molecular weight excluding hydrogens is 310 g/mol. The van der Waals surface area contributed by atoms with E-state index in [0.717, 1.165) is 31.8 Å². The van der Waals surface area contributed by atoms with Gasteiger partial charge in [-0.25, -0.2) is 0 Å². The monoisotopic (exact) mass is 345 g/mol. The van der Waals surface area contributed by atoms with Crippen LogP contribution in [0.15, 0.2) is 0 Å². The van der Waals surface area contributed by atoms with Crippen LogP contribution in [0.4, 0.5) is 0 Å². The summed E-state index contributed by atoms with van der Waals surface area (Å²) in [6, 6.07) is 0.463. The summed E-state index contributed by atoms with van der Waals surface area (Å²) in [5.74, 6) is 1.27. The number of nitrogens with zero attached hydrogens (tertiary/aromatic N) is 1. The van der Waals surface area contributed by atoms with Gasteiger partial charge in [0.1, 0.15) is 0 Å². The Morgan fingerprint density at radius 1 is 1.35 bits per heavy atom. The van der Waals surface area contributed by atoms with E-state index < -0.39 is 0 Å². The van der Waals surface area contributed by atoms with Gasteiger partial charge in [0, 0.05) is 30.6 Å². The molecule has 2 aliphatic rings. The third kappa shape index (κ3) is 5.91. The van der Waals surface area contributed by atoms with Crippen molar-refractivity contribution in [3.8, 4) is 0 Å². The predicted octanol–water partition coefficient (Wildman–Crippen LogP) is 2.81. The number of halogens is 1. The van der Waals surface area contributed by atoms with Gasteiger partial charge in [0.05, 0.1) is 0 Å². The Kier molecular flexibility index (Phi) is 8.32. The van der Waals surface area contributed by atoms with Crippen molar-refractivity contribution < 1.29 is 4.79 Å². The maximum Gasteiger partial charge on any atom is 0.223 e. The summed E-state index contributed by atoms with van der Waals surface area (Å²) >= 11 is 0. The van der Waals surface area contributed by atoms with Crippen LogP contribution in [-0.2, 0) is 4.79 Å². The van der Waals surface area contributed by atoms with Crippen LogP contribution < -0.4 is 10.6 Å². The molecule has 0 aromatic carbocycles. The number of rotatable bonds is 5. The minimum Gasteiger partial charge on any atom is -0.354 e. The van der Waals surface area contributed by atoms with Gasteiger partial charge in [0.25, 0.3) is 0 Å². The normalized spacial score (nSPS) is 29.7. The molecule has 2 saturated heterocycles. The summed E-state index contributed by atoms with van der Waals surface area (Å²) in [4.78, 5) is 15.0. The highest BCUT2D eigenvalue weighted by atomic mass is 35.5. The summed E-state index contributed by atoms with van der Waals surface area (Å²) in [6.45, 7) is 13.1. The first kappa shape index (κ1) is 20.7. The lowest BCUT2D eigenvalue weighted by molar-refractivity contribution is -0.126. The van der Waals surface area contributed by atoms with Gasteiger partial charge in [0.15, 0.2) is 0 Å². The first-order valence-electron chi connectivity index (χ1n) is 9.18. The molecule has 0 aromatic rings. The van der Waals surface area contributed by atoms with E-state index in [1.165, 1.54) is 32.4 Å². The van der Waals surface area contributed by atoms with E-state index in [-0.39, 0.29) is 29.8 Å². The Bertz CT molecular complexity index is 375. The molecule has 2 heterocycles.